The van der Waals surface area contributed by atoms with Gasteiger partial charge >= 0.3 is 5.97 Å². The van der Waals surface area contributed by atoms with E-state index in [0.29, 0.717) is 30.8 Å². The van der Waals surface area contributed by atoms with Gasteiger partial charge in [-0.1, -0.05) is 36.4 Å². The first-order valence-corrected chi connectivity index (χ1v) is 13.5. The molecule has 0 spiro atoms. The fraction of sp³-hybridized carbons (Fsp3) is 0.375. The summed E-state index contributed by atoms with van der Waals surface area (Å²) in [6.45, 7) is 1.01. The highest BCUT2D eigenvalue weighted by Gasteiger charge is 2.30. The van der Waals surface area contributed by atoms with Crippen LogP contribution in [0.2, 0.25) is 0 Å². The number of carbonyl (C=O) groups excluding carboxylic acids is 2. The molecule has 0 saturated heterocycles. The molecule has 6 nitrogen and oxygen atoms in total. The number of rotatable bonds is 11. The van der Waals surface area contributed by atoms with E-state index >= 15 is 0 Å². The zero-order chi connectivity index (χ0) is 27.6. The fourth-order valence-electron chi connectivity index (χ4n) is 5.10. The van der Waals surface area contributed by atoms with Gasteiger partial charge in [0.2, 0.25) is 5.91 Å². The summed E-state index contributed by atoms with van der Waals surface area (Å²) in [5, 5.41) is 0. The second kappa shape index (κ2) is 13.8. The normalized spacial score (nSPS) is 16.8. The lowest BCUT2D eigenvalue weighted by molar-refractivity contribution is -0.137. The molecule has 1 aliphatic carbocycles. The van der Waals surface area contributed by atoms with Crippen molar-refractivity contribution in [1.29, 1.82) is 0 Å². The lowest BCUT2D eigenvalue weighted by Crippen LogP contribution is -2.39. The number of methoxy groups -OCH3 is 2. The highest BCUT2D eigenvalue weighted by atomic mass is 19.1. The Morgan fingerprint density at radius 2 is 1.59 bits per heavy atom. The molecule has 1 amide bonds. The Morgan fingerprint density at radius 3 is 2.26 bits per heavy atom. The molecule has 0 bridgehead atoms. The molecule has 0 aliphatic heterocycles. The van der Waals surface area contributed by atoms with Crippen LogP contribution in [0, 0.1) is 11.7 Å². The Morgan fingerprint density at radius 1 is 0.872 bits per heavy atom. The second-order valence-electron chi connectivity index (χ2n) is 9.92. The summed E-state index contributed by atoms with van der Waals surface area (Å²) < 4.78 is 30.0. The van der Waals surface area contributed by atoms with E-state index in [1.165, 1.54) is 13.2 Å². The summed E-state index contributed by atoms with van der Waals surface area (Å²) in [5.41, 5.74) is 2.33. The van der Waals surface area contributed by atoms with Crippen LogP contribution in [0.1, 0.15) is 53.6 Å². The summed E-state index contributed by atoms with van der Waals surface area (Å²) in [6.07, 6.45) is 4.53. The highest BCUT2D eigenvalue weighted by molar-refractivity contribution is 5.89. The molecule has 3 aromatic carbocycles. The van der Waals surface area contributed by atoms with E-state index in [4.69, 9.17) is 14.2 Å². The molecule has 206 valence electrons. The Hall–Kier alpha value is -3.87. The van der Waals surface area contributed by atoms with Gasteiger partial charge in [-0.3, -0.25) is 4.79 Å². The largest absolute Gasteiger partial charge is 0.493 e. The van der Waals surface area contributed by atoms with Crippen LogP contribution < -0.4 is 9.47 Å². The number of para-hydroxylation sites is 2. The maximum Gasteiger partial charge on any atom is 0.337 e. The molecule has 3 aromatic rings. The number of halogens is 1. The van der Waals surface area contributed by atoms with Gasteiger partial charge in [-0.05, 0) is 86.1 Å². The number of aryl methyl sites for hydroxylation is 1. The van der Waals surface area contributed by atoms with Gasteiger partial charge in [0.25, 0.3) is 0 Å². The van der Waals surface area contributed by atoms with Gasteiger partial charge in [0.1, 0.15) is 5.82 Å². The minimum absolute atomic E-state index is 0.0395. The van der Waals surface area contributed by atoms with E-state index in [2.05, 4.69) is 0 Å². The van der Waals surface area contributed by atoms with E-state index in [1.807, 2.05) is 47.4 Å². The number of esters is 1. The Balaban J connectivity index is 1.39. The van der Waals surface area contributed by atoms with E-state index in [1.54, 1.807) is 31.4 Å². The first kappa shape index (κ1) is 28.1. The Kier molecular flexibility index (Phi) is 9.95. The van der Waals surface area contributed by atoms with Crippen molar-refractivity contribution < 1.29 is 28.2 Å². The lowest BCUT2D eigenvalue weighted by Gasteiger charge is -2.32. The smallest absolute Gasteiger partial charge is 0.337 e. The highest BCUT2D eigenvalue weighted by Crippen LogP contribution is 2.33. The molecule has 4 rings (SSSR count). The molecule has 1 saturated carbocycles. The van der Waals surface area contributed by atoms with Gasteiger partial charge in [-0.2, -0.15) is 0 Å². The van der Waals surface area contributed by atoms with E-state index in [-0.39, 0.29) is 23.7 Å². The molecule has 1 aliphatic rings. The first-order valence-electron chi connectivity index (χ1n) is 13.5. The SMILES string of the molecule is COC(=O)c1ccc(CN(CCCc2cccc(F)c2)C(=O)C2CCC(Oc3ccccc3OC)CC2)cc1. The summed E-state index contributed by atoms with van der Waals surface area (Å²) in [6, 6.07) is 21.4. The predicted molar refractivity (Wildman–Crippen MR) is 147 cm³/mol. The van der Waals surface area contributed by atoms with Crippen molar-refractivity contribution in [2.45, 2.75) is 51.2 Å². The van der Waals surface area contributed by atoms with Crippen molar-refractivity contribution in [3.05, 3.63) is 95.3 Å². The Bertz CT molecular complexity index is 1240. The third-order valence-corrected chi connectivity index (χ3v) is 7.23. The van der Waals surface area contributed by atoms with Crippen LogP contribution in [-0.2, 0) is 22.5 Å². The van der Waals surface area contributed by atoms with Crippen molar-refractivity contribution in [2.75, 3.05) is 20.8 Å². The monoisotopic (exact) mass is 533 g/mol. The second-order valence-corrected chi connectivity index (χ2v) is 9.92. The van der Waals surface area contributed by atoms with Crippen LogP contribution in [0.3, 0.4) is 0 Å². The van der Waals surface area contributed by atoms with Crippen molar-refractivity contribution in [2.24, 2.45) is 5.92 Å². The standard InChI is InChI=1S/C32H36FNO5/c1-37-29-10-3-4-11-30(29)39-28-18-16-25(17-19-28)31(35)34(20-6-8-23-7-5-9-27(33)21-23)22-24-12-14-26(15-13-24)32(36)38-2/h3-5,7,9-15,21,25,28H,6,8,16-20,22H2,1-2H3. The quantitative estimate of drug-likeness (QED) is 0.274. The third-order valence-electron chi connectivity index (χ3n) is 7.23. The number of hydrogen-bond acceptors (Lipinski definition) is 5. The van der Waals surface area contributed by atoms with Crippen LogP contribution in [0.5, 0.6) is 11.5 Å². The molecular formula is C32H36FNO5. The van der Waals surface area contributed by atoms with Crippen LogP contribution in [0.25, 0.3) is 0 Å². The van der Waals surface area contributed by atoms with Crippen LogP contribution in [0.4, 0.5) is 4.39 Å². The number of ether oxygens (including phenoxy) is 3. The number of hydrogen-bond donors (Lipinski definition) is 0. The van der Waals surface area contributed by atoms with E-state index < -0.39 is 5.97 Å². The van der Waals surface area contributed by atoms with Gasteiger partial charge < -0.3 is 19.1 Å². The molecule has 0 aromatic heterocycles. The average molecular weight is 534 g/mol. The molecule has 39 heavy (non-hydrogen) atoms. The van der Waals surface area contributed by atoms with Crippen molar-refractivity contribution in [3.8, 4) is 11.5 Å². The topological polar surface area (TPSA) is 65.1 Å². The summed E-state index contributed by atoms with van der Waals surface area (Å²) in [5.74, 6) is 0.838. The van der Waals surface area contributed by atoms with Crippen molar-refractivity contribution in [3.63, 3.8) is 0 Å². The fourth-order valence-corrected chi connectivity index (χ4v) is 5.10. The molecule has 7 heteroatoms. The molecule has 0 atom stereocenters. The number of amides is 1. The van der Waals surface area contributed by atoms with Gasteiger partial charge in [0.15, 0.2) is 11.5 Å². The molecule has 0 radical (unpaired) electrons. The average Bonchev–Trinajstić information content (AvgIpc) is 2.97. The van der Waals surface area contributed by atoms with E-state index in [9.17, 15) is 14.0 Å². The van der Waals surface area contributed by atoms with Crippen LogP contribution in [-0.4, -0.2) is 43.6 Å². The lowest BCUT2D eigenvalue weighted by atomic mass is 9.86. The molecular weight excluding hydrogens is 497 g/mol. The van der Waals surface area contributed by atoms with E-state index in [0.717, 1.165) is 49.0 Å². The van der Waals surface area contributed by atoms with Crippen LogP contribution in [0.15, 0.2) is 72.8 Å². The summed E-state index contributed by atoms with van der Waals surface area (Å²) in [7, 11) is 2.98. The Labute approximate surface area is 229 Å². The van der Waals surface area contributed by atoms with Gasteiger partial charge in [0.05, 0.1) is 25.9 Å². The number of carbonyl (C=O) groups is 2. The first-order chi connectivity index (χ1) is 19.0. The molecule has 0 N–H and O–H groups in total. The molecule has 1 fully saturated rings. The van der Waals surface area contributed by atoms with Gasteiger partial charge in [-0.25, -0.2) is 9.18 Å². The molecule has 0 heterocycles. The zero-order valence-electron chi connectivity index (χ0n) is 22.6. The maximum atomic E-state index is 13.7. The van der Waals surface area contributed by atoms with Gasteiger partial charge in [0, 0.05) is 19.0 Å². The van der Waals surface area contributed by atoms with Crippen molar-refractivity contribution >= 4 is 11.9 Å². The number of nitrogens with zero attached hydrogens (tertiary/aromatic N) is 1. The summed E-state index contributed by atoms with van der Waals surface area (Å²) >= 11 is 0. The van der Waals surface area contributed by atoms with Crippen LogP contribution >= 0.6 is 0 Å². The zero-order valence-corrected chi connectivity index (χ0v) is 22.6. The maximum absolute atomic E-state index is 13.7. The molecule has 0 unspecified atom stereocenters. The minimum Gasteiger partial charge on any atom is -0.493 e. The van der Waals surface area contributed by atoms with Gasteiger partial charge in [-0.15, -0.1) is 0 Å². The number of benzene rings is 3. The predicted octanol–water partition coefficient (Wildman–Crippen LogP) is 6.22. The van der Waals surface area contributed by atoms with Crippen molar-refractivity contribution in [1.82, 2.24) is 4.90 Å². The minimum atomic E-state index is -0.392. The third kappa shape index (κ3) is 7.82. The summed E-state index contributed by atoms with van der Waals surface area (Å²) in [4.78, 5) is 27.4.